The van der Waals surface area contributed by atoms with Crippen LogP contribution >= 0.6 is 0 Å². The van der Waals surface area contributed by atoms with Crippen molar-refractivity contribution in [3.63, 3.8) is 0 Å². The third-order valence-corrected chi connectivity index (χ3v) is 7.64. The number of nitrogens with one attached hydrogen (secondary N) is 1. The Bertz CT molecular complexity index is 1430. The smallest absolute Gasteiger partial charge is 0.258 e. The van der Waals surface area contributed by atoms with Crippen molar-refractivity contribution in [2.75, 3.05) is 56.5 Å². The van der Waals surface area contributed by atoms with Crippen LogP contribution in [-0.2, 0) is 4.79 Å². The zero-order chi connectivity index (χ0) is 29.1. The maximum atomic E-state index is 13.7. The third-order valence-electron chi connectivity index (χ3n) is 7.64. The summed E-state index contributed by atoms with van der Waals surface area (Å²) < 4.78 is 0. The second-order valence-corrected chi connectivity index (χ2v) is 10.7. The molecule has 0 bridgehead atoms. The molecule has 42 heavy (non-hydrogen) atoms. The summed E-state index contributed by atoms with van der Waals surface area (Å²) in [7, 11) is 2.12. The molecule has 1 heterocycles. The molecule has 0 saturated heterocycles. The van der Waals surface area contributed by atoms with Gasteiger partial charge in [0.15, 0.2) is 0 Å². The van der Waals surface area contributed by atoms with Crippen LogP contribution in [0.15, 0.2) is 108 Å². The summed E-state index contributed by atoms with van der Waals surface area (Å²) in [5, 5.41) is 3.03. The second kappa shape index (κ2) is 14.4. The molecular formula is C35H39N5O2. The Hall–Kier alpha value is -4.49. The standard InChI is InChI=1S/C35H39N5O2/c1-38(25-26-39-24-21-36-27-39)22-10-23-40(31-13-6-3-7-14-31)35(42)29-17-19-30(20-18-29)37-34(41)33-16-9-8-15-32(33)28-11-4-2-5-12-28/h2-7,11-20,27H,8-10,21-26H2,1H3,(H,37,41). The number of para-hydroxylation sites is 1. The number of carbonyl (C=O) groups excluding carboxylic acids is 2. The second-order valence-electron chi connectivity index (χ2n) is 10.7. The topological polar surface area (TPSA) is 68.2 Å². The molecule has 7 nitrogen and oxygen atoms in total. The molecule has 0 aromatic heterocycles. The Morgan fingerprint density at radius 2 is 1.57 bits per heavy atom. The van der Waals surface area contributed by atoms with E-state index in [1.807, 2.05) is 78.0 Å². The number of amides is 2. The van der Waals surface area contributed by atoms with Crippen LogP contribution in [0.4, 0.5) is 11.4 Å². The summed E-state index contributed by atoms with van der Waals surface area (Å²) in [4.78, 5) is 37.6. The summed E-state index contributed by atoms with van der Waals surface area (Å²) in [6.45, 7) is 5.30. The maximum Gasteiger partial charge on any atom is 0.258 e. The van der Waals surface area contributed by atoms with E-state index in [0.29, 0.717) is 23.4 Å². The van der Waals surface area contributed by atoms with Gasteiger partial charge in [0.2, 0.25) is 0 Å². The fraction of sp³-hybridized carbons (Fsp3) is 0.286. The van der Waals surface area contributed by atoms with E-state index in [-0.39, 0.29) is 11.8 Å². The molecular weight excluding hydrogens is 522 g/mol. The van der Waals surface area contributed by atoms with Gasteiger partial charge in [-0.25, -0.2) is 0 Å². The van der Waals surface area contributed by atoms with E-state index in [9.17, 15) is 9.59 Å². The highest BCUT2D eigenvalue weighted by Crippen LogP contribution is 2.29. The summed E-state index contributed by atoms with van der Waals surface area (Å²) in [5.41, 5.74) is 4.79. The first-order valence-corrected chi connectivity index (χ1v) is 14.8. The molecule has 2 aliphatic rings. The number of anilines is 2. The quantitative estimate of drug-likeness (QED) is 0.306. The van der Waals surface area contributed by atoms with E-state index in [1.165, 1.54) is 0 Å². The van der Waals surface area contributed by atoms with E-state index in [2.05, 4.69) is 33.2 Å². The predicted octanol–water partition coefficient (Wildman–Crippen LogP) is 5.74. The van der Waals surface area contributed by atoms with Crippen molar-refractivity contribution in [1.29, 1.82) is 0 Å². The van der Waals surface area contributed by atoms with Crippen molar-refractivity contribution in [2.45, 2.75) is 19.3 Å². The van der Waals surface area contributed by atoms with Crippen LogP contribution in [0.1, 0.15) is 35.2 Å². The Balaban J connectivity index is 1.20. The van der Waals surface area contributed by atoms with Crippen molar-refractivity contribution in [3.8, 4) is 0 Å². The van der Waals surface area contributed by atoms with Gasteiger partial charge in [0.05, 0.1) is 12.9 Å². The monoisotopic (exact) mass is 561 g/mol. The lowest BCUT2D eigenvalue weighted by atomic mass is 9.91. The van der Waals surface area contributed by atoms with Gasteiger partial charge in [-0.05, 0) is 80.4 Å². The molecule has 1 aliphatic carbocycles. The summed E-state index contributed by atoms with van der Waals surface area (Å²) >= 11 is 0. The number of allylic oxidation sites excluding steroid dienone is 2. The predicted molar refractivity (Wildman–Crippen MR) is 172 cm³/mol. The van der Waals surface area contributed by atoms with Gasteiger partial charge >= 0.3 is 0 Å². The highest BCUT2D eigenvalue weighted by Gasteiger charge is 2.20. The lowest BCUT2D eigenvalue weighted by molar-refractivity contribution is -0.112. The minimum Gasteiger partial charge on any atom is -0.360 e. The van der Waals surface area contributed by atoms with E-state index >= 15 is 0 Å². The van der Waals surface area contributed by atoms with Crippen molar-refractivity contribution in [3.05, 3.63) is 114 Å². The third kappa shape index (κ3) is 7.62. The average molecular weight is 562 g/mol. The van der Waals surface area contributed by atoms with Crippen LogP contribution in [0.5, 0.6) is 0 Å². The number of hydrogen-bond donors (Lipinski definition) is 1. The van der Waals surface area contributed by atoms with Crippen molar-refractivity contribution in [1.82, 2.24) is 9.80 Å². The van der Waals surface area contributed by atoms with Gasteiger partial charge < -0.3 is 20.0 Å². The van der Waals surface area contributed by atoms with Gasteiger partial charge in [0.25, 0.3) is 11.8 Å². The Kier molecular flexibility index (Phi) is 9.96. The first-order chi connectivity index (χ1) is 20.6. The lowest BCUT2D eigenvalue weighted by Gasteiger charge is -2.25. The number of nitrogens with zero attached hydrogens (tertiary/aromatic N) is 4. The average Bonchev–Trinajstić information content (AvgIpc) is 3.57. The Labute approximate surface area is 248 Å². The number of hydrogen-bond acceptors (Lipinski definition) is 5. The van der Waals surface area contributed by atoms with Crippen LogP contribution in [0.3, 0.4) is 0 Å². The molecule has 0 saturated carbocycles. The largest absolute Gasteiger partial charge is 0.360 e. The van der Waals surface area contributed by atoms with Gasteiger partial charge in [-0.1, -0.05) is 60.7 Å². The number of rotatable bonds is 12. The van der Waals surface area contributed by atoms with Crippen molar-refractivity contribution < 1.29 is 9.59 Å². The molecule has 0 atom stereocenters. The molecule has 0 fully saturated rings. The van der Waals surface area contributed by atoms with Gasteiger partial charge in [0, 0.05) is 48.7 Å². The highest BCUT2D eigenvalue weighted by atomic mass is 16.2. The fourth-order valence-corrected chi connectivity index (χ4v) is 5.28. The van der Waals surface area contributed by atoms with Crippen LogP contribution < -0.4 is 10.2 Å². The Morgan fingerprint density at radius 3 is 2.29 bits per heavy atom. The molecule has 0 unspecified atom stereocenters. The van der Waals surface area contributed by atoms with Crippen LogP contribution in [0.2, 0.25) is 0 Å². The first kappa shape index (κ1) is 29.0. The normalized spacial score (nSPS) is 14.5. The molecule has 0 radical (unpaired) electrons. The molecule has 5 rings (SSSR count). The summed E-state index contributed by atoms with van der Waals surface area (Å²) in [6.07, 6.45) is 8.68. The SMILES string of the molecule is CN(CCCN(C(=O)c1ccc(NC(=O)C2=CCCC=C2c2ccccc2)cc1)c1ccccc1)CCN1C=NCC1. The molecule has 216 valence electrons. The number of likely N-dealkylation sites (N-methyl/N-ethyl adjacent to an activating group) is 1. The molecule has 3 aromatic rings. The van der Waals surface area contributed by atoms with E-state index in [0.717, 1.165) is 68.8 Å². The van der Waals surface area contributed by atoms with E-state index < -0.39 is 0 Å². The zero-order valence-corrected chi connectivity index (χ0v) is 24.3. The van der Waals surface area contributed by atoms with Crippen LogP contribution in [0, 0.1) is 0 Å². The minimum atomic E-state index is -0.143. The zero-order valence-electron chi connectivity index (χ0n) is 24.3. The van der Waals surface area contributed by atoms with Gasteiger partial charge in [-0.2, -0.15) is 0 Å². The first-order valence-electron chi connectivity index (χ1n) is 14.8. The lowest BCUT2D eigenvalue weighted by Crippen LogP contribution is -2.35. The van der Waals surface area contributed by atoms with Crippen LogP contribution in [0.25, 0.3) is 5.57 Å². The summed E-state index contributed by atoms with van der Waals surface area (Å²) in [5.74, 6) is -0.199. The van der Waals surface area contributed by atoms with E-state index in [4.69, 9.17) is 0 Å². The van der Waals surface area contributed by atoms with Crippen molar-refractivity contribution in [2.24, 2.45) is 4.99 Å². The van der Waals surface area contributed by atoms with E-state index in [1.54, 1.807) is 24.3 Å². The molecule has 0 spiro atoms. The molecule has 3 aromatic carbocycles. The van der Waals surface area contributed by atoms with Gasteiger partial charge in [-0.15, -0.1) is 0 Å². The van der Waals surface area contributed by atoms with Crippen molar-refractivity contribution >= 4 is 35.1 Å². The molecule has 1 N–H and O–H groups in total. The number of carbonyl (C=O) groups is 2. The maximum absolute atomic E-state index is 13.7. The molecule has 2 amide bonds. The van der Waals surface area contributed by atoms with Gasteiger partial charge in [0.1, 0.15) is 0 Å². The number of aliphatic imine (C=N–C) groups is 1. The fourth-order valence-electron chi connectivity index (χ4n) is 5.28. The Morgan fingerprint density at radius 1 is 0.857 bits per heavy atom. The minimum absolute atomic E-state index is 0.0562. The highest BCUT2D eigenvalue weighted by molar-refractivity contribution is 6.15. The van der Waals surface area contributed by atoms with Gasteiger partial charge in [-0.3, -0.25) is 14.6 Å². The molecule has 7 heteroatoms. The molecule has 1 aliphatic heterocycles. The summed E-state index contributed by atoms with van der Waals surface area (Å²) in [6, 6.07) is 27.0. The number of benzene rings is 3. The van der Waals surface area contributed by atoms with Crippen LogP contribution in [-0.4, -0.2) is 74.3 Å².